The number of urea groups is 1. The molecule has 2 aliphatic rings. The number of amides is 2. The lowest BCUT2D eigenvalue weighted by Gasteiger charge is -2.33. The predicted molar refractivity (Wildman–Crippen MR) is 120 cm³/mol. The third kappa shape index (κ3) is 4.93. The summed E-state index contributed by atoms with van der Waals surface area (Å²) in [6.07, 6.45) is 3.45. The van der Waals surface area contributed by atoms with Gasteiger partial charge in [0.05, 0.1) is 13.2 Å². The summed E-state index contributed by atoms with van der Waals surface area (Å²) in [4.78, 5) is 16.7. The molecular formula is C23H28BrN3O2. The van der Waals surface area contributed by atoms with Gasteiger partial charge in [-0.05, 0) is 74.2 Å². The Kier molecular flexibility index (Phi) is 6.40. The van der Waals surface area contributed by atoms with Crippen LogP contribution in [-0.2, 0) is 6.42 Å². The molecule has 0 aliphatic carbocycles. The number of nitrogens with one attached hydrogen (secondary N) is 1. The molecule has 2 aliphatic heterocycles. The quantitative estimate of drug-likeness (QED) is 0.702. The molecule has 0 radical (unpaired) electrons. The summed E-state index contributed by atoms with van der Waals surface area (Å²) in [5.41, 5.74) is 2.29. The molecule has 2 saturated heterocycles. The topological polar surface area (TPSA) is 44.8 Å². The molecule has 1 atom stereocenters. The number of carbonyl (C=O) groups excluding carboxylic acids is 1. The van der Waals surface area contributed by atoms with Crippen molar-refractivity contribution in [3.8, 4) is 5.75 Å². The number of para-hydroxylation sites is 1. The minimum absolute atomic E-state index is 0.0129. The van der Waals surface area contributed by atoms with Crippen LogP contribution in [0.4, 0.5) is 10.5 Å². The Morgan fingerprint density at radius 1 is 1.14 bits per heavy atom. The van der Waals surface area contributed by atoms with Crippen molar-refractivity contribution >= 4 is 27.6 Å². The first kappa shape index (κ1) is 20.2. The number of hydrogen-bond donors (Lipinski definition) is 1. The Morgan fingerprint density at radius 3 is 2.62 bits per heavy atom. The zero-order chi connectivity index (χ0) is 20.2. The van der Waals surface area contributed by atoms with E-state index in [1.54, 1.807) is 7.11 Å². The molecule has 2 heterocycles. The van der Waals surface area contributed by atoms with Gasteiger partial charge in [-0.15, -0.1) is 0 Å². The summed E-state index contributed by atoms with van der Waals surface area (Å²) < 4.78 is 6.53. The molecule has 2 amide bonds. The van der Waals surface area contributed by atoms with Crippen molar-refractivity contribution in [1.29, 1.82) is 0 Å². The first-order valence-electron chi connectivity index (χ1n) is 10.3. The number of ether oxygens (including phenoxy) is 1. The summed E-state index contributed by atoms with van der Waals surface area (Å²) in [7, 11) is 1.71. The van der Waals surface area contributed by atoms with E-state index in [0.717, 1.165) is 48.5 Å². The fourth-order valence-electron chi connectivity index (χ4n) is 4.37. The van der Waals surface area contributed by atoms with Gasteiger partial charge in [-0.1, -0.05) is 34.1 Å². The Morgan fingerprint density at radius 2 is 1.90 bits per heavy atom. The van der Waals surface area contributed by atoms with Gasteiger partial charge in [-0.25, -0.2) is 4.79 Å². The van der Waals surface area contributed by atoms with E-state index in [0.29, 0.717) is 5.92 Å². The largest absolute Gasteiger partial charge is 0.497 e. The number of likely N-dealkylation sites (tertiary alicyclic amines) is 1. The van der Waals surface area contributed by atoms with Crippen molar-refractivity contribution in [1.82, 2.24) is 10.2 Å². The van der Waals surface area contributed by atoms with Gasteiger partial charge in [0.15, 0.2) is 0 Å². The lowest BCUT2D eigenvalue weighted by molar-refractivity contribution is 0.173. The van der Waals surface area contributed by atoms with Gasteiger partial charge >= 0.3 is 6.03 Å². The average Bonchev–Trinajstić information content (AvgIpc) is 3.11. The summed E-state index contributed by atoms with van der Waals surface area (Å²) in [6.45, 7) is 3.83. The number of hydrogen-bond acceptors (Lipinski definition) is 3. The molecule has 29 heavy (non-hydrogen) atoms. The number of benzene rings is 2. The van der Waals surface area contributed by atoms with Crippen LogP contribution in [0.1, 0.15) is 18.4 Å². The molecule has 5 nitrogen and oxygen atoms in total. The van der Waals surface area contributed by atoms with Crippen molar-refractivity contribution in [2.75, 3.05) is 38.2 Å². The van der Waals surface area contributed by atoms with Crippen molar-refractivity contribution in [2.24, 2.45) is 5.92 Å². The number of carbonyl (C=O) groups is 1. The maximum Gasteiger partial charge on any atom is 0.322 e. The number of piperidine rings is 1. The number of rotatable bonds is 6. The van der Waals surface area contributed by atoms with Crippen LogP contribution >= 0.6 is 15.9 Å². The number of nitrogens with zero attached hydrogens (tertiary/aromatic N) is 2. The van der Waals surface area contributed by atoms with E-state index in [4.69, 9.17) is 4.74 Å². The summed E-state index contributed by atoms with van der Waals surface area (Å²) >= 11 is 3.68. The fourth-order valence-corrected chi connectivity index (χ4v) is 4.77. The number of anilines is 1. The highest BCUT2D eigenvalue weighted by atomic mass is 79.9. The zero-order valence-electron chi connectivity index (χ0n) is 16.8. The van der Waals surface area contributed by atoms with Gasteiger partial charge in [0.25, 0.3) is 0 Å². The average molecular weight is 458 g/mol. The molecule has 1 unspecified atom stereocenters. The zero-order valence-corrected chi connectivity index (χ0v) is 18.4. The highest BCUT2D eigenvalue weighted by Crippen LogP contribution is 2.29. The van der Waals surface area contributed by atoms with Gasteiger partial charge in [-0.2, -0.15) is 0 Å². The third-order valence-corrected chi connectivity index (χ3v) is 6.76. The monoisotopic (exact) mass is 457 g/mol. The van der Waals surface area contributed by atoms with Gasteiger partial charge in [-0.3, -0.25) is 4.90 Å². The molecule has 0 saturated carbocycles. The molecular weight excluding hydrogens is 430 g/mol. The molecule has 6 heteroatoms. The van der Waals surface area contributed by atoms with E-state index < -0.39 is 0 Å². The van der Waals surface area contributed by atoms with Crippen LogP contribution in [0.5, 0.6) is 5.75 Å². The highest BCUT2D eigenvalue weighted by Gasteiger charge is 2.31. The lowest BCUT2D eigenvalue weighted by Crippen LogP contribution is -2.43. The second kappa shape index (κ2) is 9.18. The summed E-state index contributed by atoms with van der Waals surface area (Å²) in [5, 5.41) is 3.15. The molecule has 1 N–H and O–H groups in total. The summed E-state index contributed by atoms with van der Waals surface area (Å²) in [6, 6.07) is 16.3. The molecule has 4 rings (SSSR count). The third-order valence-electron chi connectivity index (χ3n) is 5.99. The maximum atomic E-state index is 12.3. The van der Waals surface area contributed by atoms with Gasteiger partial charge < -0.3 is 15.0 Å². The molecule has 2 aromatic rings. The normalized spacial score (nSPS) is 20.7. The number of halogens is 1. The Balaban J connectivity index is 1.27. The second-order valence-corrected chi connectivity index (χ2v) is 8.85. The SMILES string of the molecule is COc1ccc(Br)c(CC2CCN(CC3CN(c4ccccc4)C(=O)N3)CC2)c1. The van der Waals surface area contributed by atoms with Crippen LogP contribution in [-0.4, -0.2) is 50.3 Å². The van der Waals surface area contributed by atoms with E-state index in [2.05, 4.69) is 38.3 Å². The van der Waals surface area contributed by atoms with E-state index in [1.165, 1.54) is 18.4 Å². The Hall–Kier alpha value is -2.05. The molecule has 0 bridgehead atoms. The number of methoxy groups -OCH3 is 1. The predicted octanol–water partition coefficient (Wildman–Crippen LogP) is 4.31. The van der Waals surface area contributed by atoms with Gasteiger partial charge in [0, 0.05) is 23.2 Å². The van der Waals surface area contributed by atoms with Crippen molar-refractivity contribution in [3.05, 3.63) is 58.6 Å². The van der Waals surface area contributed by atoms with Gasteiger partial charge in [0.1, 0.15) is 5.75 Å². The first-order valence-corrected chi connectivity index (χ1v) is 11.1. The first-order chi connectivity index (χ1) is 14.1. The minimum atomic E-state index is 0.0129. The van der Waals surface area contributed by atoms with Crippen LogP contribution in [0.3, 0.4) is 0 Å². The molecule has 0 spiro atoms. The van der Waals surface area contributed by atoms with Crippen molar-refractivity contribution in [2.45, 2.75) is 25.3 Å². The minimum Gasteiger partial charge on any atom is -0.497 e. The van der Waals surface area contributed by atoms with E-state index in [-0.39, 0.29) is 12.1 Å². The van der Waals surface area contributed by atoms with E-state index in [1.807, 2.05) is 41.3 Å². The Labute approximate surface area is 181 Å². The van der Waals surface area contributed by atoms with Crippen molar-refractivity contribution < 1.29 is 9.53 Å². The smallest absolute Gasteiger partial charge is 0.322 e. The second-order valence-electron chi connectivity index (χ2n) is 8.00. The van der Waals surface area contributed by atoms with E-state index >= 15 is 0 Å². The fraction of sp³-hybridized carbons (Fsp3) is 0.435. The maximum absolute atomic E-state index is 12.3. The highest BCUT2D eigenvalue weighted by molar-refractivity contribution is 9.10. The standard InChI is InChI=1S/C23H28BrN3O2/c1-29-21-7-8-22(24)18(14-21)13-17-9-11-26(12-10-17)15-19-16-27(23(28)25-19)20-5-3-2-4-6-20/h2-8,14,17,19H,9-13,15-16H2,1H3,(H,25,28). The molecule has 0 aromatic heterocycles. The van der Waals surface area contributed by atoms with Crippen LogP contribution in [0, 0.1) is 5.92 Å². The molecule has 154 valence electrons. The van der Waals surface area contributed by atoms with Crippen LogP contribution in [0.25, 0.3) is 0 Å². The van der Waals surface area contributed by atoms with Crippen LogP contribution < -0.4 is 15.0 Å². The van der Waals surface area contributed by atoms with Gasteiger partial charge in [0.2, 0.25) is 0 Å². The molecule has 2 fully saturated rings. The van der Waals surface area contributed by atoms with Crippen LogP contribution in [0.2, 0.25) is 0 Å². The summed E-state index contributed by atoms with van der Waals surface area (Å²) in [5.74, 6) is 1.61. The Bertz CT molecular complexity index is 837. The van der Waals surface area contributed by atoms with E-state index in [9.17, 15) is 4.79 Å². The lowest BCUT2D eigenvalue weighted by atomic mass is 9.90. The van der Waals surface area contributed by atoms with Crippen molar-refractivity contribution in [3.63, 3.8) is 0 Å². The van der Waals surface area contributed by atoms with Crippen LogP contribution in [0.15, 0.2) is 53.0 Å². The molecule has 2 aromatic carbocycles.